The van der Waals surface area contributed by atoms with Crippen molar-refractivity contribution in [3.63, 3.8) is 0 Å². The first-order valence-corrected chi connectivity index (χ1v) is 7.35. The highest BCUT2D eigenvalue weighted by Crippen LogP contribution is 2.31. The largest absolute Gasteiger partial charge is 0.388 e. The van der Waals surface area contributed by atoms with Crippen molar-refractivity contribution in [1.82, 2.24) is 5.32 Å². The standard InChI is InChI=1S/C16H24N2O2/c1-13-7-9-16(20,10-8-13)12-18-15(19)11-17-14-5-3-2-4-6-14/h2-6,13,17,20H,7-12H2,1H3,(H,18,19). The Kier molecular flexibility index (Phi) is 5.01. The van der Waals surface area contributed by atoms with E-state index in [1.54, 1.807) is 0 Å². The van der Waals surface area contributed by atoms with Gasteiger partial charge >= 0.3 is 0 Å². The van der Waals surface area contributed by atoms with Crippen LogP contribution in [0.4, 0.5) is 5.69 Å². The molecular weight excluding hydrogens is 252 g/mol. The Morgan fingerprint density at radius 1 is 1.30 bits per heavy atom. The van der Waals surface area contributed by atoms with E-state index in [1.807, 2.05) is 30.3 Å². The Bertz CT molecular complexity index is 425. The molecule has 4 heteroatoms. The van der Waals surface area contributed by atoms with Crippen LogP contribution >= 0.6 is 0 Å². The smallest absolute Gasteiger partial charge is 0.239 e. The van der Waals surface area contributed by atoms with Gasteiger partial charge in [0.2, 0.25) is 5.91 Å². The Morgan fingerprint density at radius 2 is 1.95 bits per heavy atom. The van der Waals surface area contributed by atoms with Gasteiger partial charge in [0, 0.05) is 12.2 Å². The molecule has 0 aliphatic heterocycles. The number of anilines is 1. The maximum atomic E-state index is 11.8. The third-order valence-corrected chi connectivity index (χ3v) is 4.05. The van der Waals surface area contributed by atoms with Crippen molar-refractivity contribution in [3.8, 4) is 0 Å². The number of amides is 1. The van der Waals surface area contributed by atoms with Crippen LogP contribution in [0, 0.1) is 5.92 Å². The normalized spacial score (nSPS) is 26.0. The van der Waals surface area contributed by atoms with Crippen LogP contribution in [0.25, 0.3) is 0 Å². The molecule has 20 heavy (non-hydrogen) atoms. The number of carbonyl (C=O) groups excluding carboxylic acids is 1. The van der Waals surface area contributed by atoms with Crippen LogP contribution in [0.15, 0.2) is 30.3 Å². The zero-order valence-corrected chi connectivity index (χ0v) is 12.1. The maximum Gasteiger partial charge on any atom is 0.239 e. The maximum absolute atomic E-state index is 11.8. The first kappa shape index (κ1) is 14.9. The molecule has 1 fully saturated rings. The lowest BCUT2D eigenvalue weighted by molar-refractivity contribution is -0.121. The summed E-state index contributed by atoms with van der Waals surface area (Å²) in [7, 11) is 0. The van der Waals surface area contributed by atoms with Crippen molar-refractivity contribution in [2.24, 2.45) is 5.92 Å². The molecule has 0 unspecified atom stereocenters. The average Bonchev–Trinajstić information content (AvgIpc) is 2.48. The monoisotopic (exact) mass is 276 g/mol. The highest BCUT2D eigenvalue weighted by atomic mass is 16.3. The minimum Gasteiger partial charge on any atom is -0.388 e. The zero-order chi connectivity index (χ0) is 14.4. The van der Waals surface area contributed by atoms with E-state index in [0.717, 1.165) is 31.4 Å². The number of rotatable bonds is 5. The molecule has 110 valence electrons. The van der Waals surface area contributed by atoms with Gasteiger partial charge in [0.05, 0.1) is 12.1 Å². The predicted octanol–water partition coefficient (Wildman–Crippen LogP) is 2.16. The van der Waals surface area contributed by atoms with Gasteiger partial charge in [-0.2, -0.15) is 0 Å². The molecule has 0 saturated heterocycles. The van der Waals surface area contributed by atoms with Crippen molar-refractivity contribution in [1.29, 1.82) is 0 Å². The molecule has 0 aromatic heterocycles. The minimum atomic E-state index is -0.713. The van der Waals surface area contributed by atoms with E-state index < -0.39 is 5.60 Å². The third kappa shape index (κ3) is 4.53. The Balaban J connectivity index is 1.70. The van der Waals surface area contributed by atoms with Crippen LogP contribution in [0.2, 0.25) is 0 Å². The second-order valence-electron chi connectivity index (χ2n) is 5.90. The number of carbonyl (C=O) groups is 1. The van der Waals surface area contributed by atoms with Crippen molar-refractivity contribution < 1.29 is 9.90 Å². The Labute approximate surface area is 120 Å². The Hall–Kier alpha value is -1.55. The van der Waals surface area contributed by atoms with Crippen molar-refractivity contribution in [2.75, 3.05) is 18.4 Å². The predicted molar refractivity (Wildman–Crippen MR) is 80.5 cm³/mol. The van der Waals surface area contributed by atoms with Gasteiger partial charge in [0.25, 0.3) is 0 Å². The lowest BCUT2D eigenvalue weighted by Crippen LogP contribution is -2.46. The topological polar surface area (TPSA) is 61.4 Å². The van der Waals surface area contributed by atoms with E-state index in [0.29, 0.717) is 12.5 Å². The number of benzene rings is 1. The fraction of sp³-hybridized carbons (Fsp3) is 0.562. The summed E-state index contributed by atoms with van der Waals surface area (Å²) < 4.78 is 0. The SMILES string of the molecule is CC1CCC(O)(CNC(=O)CNc2ccccc2)CC1. The molecule has 0 atom stereocenters. The molecule has 2 rings (SSSR count). The molecule has 3 N–H and O–H groups in total. The molecule has 0 radical (unpaired) electrons. The fourth-order valence-electron chi connectivity index (χ4n) is 2.54. The molecule has 0 spiro atoms. The molecule has 1 aromatic carbocycles. The van der Waals surface area contributed by atoms with E-state index >= 15 is 0 Å². The summed E-state index contributed by atoms with van der Waals surface area (Å²) in [4.78, 5) is 11.8. The van der Waals surface area contributed by atoms with Gasteiger partial charge < -0.3 is 15.7 Å². The van der Waals surface area contributed by atoms with E-state index in [-0.39, 0.29) is 12.5 Å². The molecule has 4 nitrogen and oxygen atoms in total. The van der Waals surface area contributed by atoms with Crippen LogP contribution in [0.1, 0.15) is 32.6 Å². The molecule has 1 aromatic rings. The van der Waals surface area contributed by atoms with E-state index in [9.17, 15) is 9.90 Å². The van der Waals surface area contributed by atoms with Crippen LogP contribution in [0.5, 0.6) is 0 Å². The number of aliphatic hydroxyl groups is 1. The quantitative estimate of drug-likeness (QED) is 0.772. The first-order chi connectivity index (χ1) is 9.57. The van der Waals surface area contributed by atoms with Gasteiger partial charge in [0.1, 0.15) is 0 Å². The van der Waals surface area contributed by atoms with E-state index in [2.05, 4.69) is 17.6 Å². The lowest BCUT2D eigenvalue weighted by Gasteiger charge is -2.34. The lowest BCUT2D eigenvalue weighted by atomic mass is 9.79. The summed E-state index contributed by atoms with van der Waals surface area (Å²) in [5, 5.41) is 16.3. The van der Waals surface area contributed by atoms with Crippen molar-refractivity contribution >= 4 is 11.6 Å². The number of nitrogens with one attached hydrogen (secondary N) is 2. The molecule has 1 aliphatic rings. The van der Waals surface area contributed by atoms with Crippen molar-refractivity contribution in [2.45, 2.75) is 38.2 Å². The molecule has 1 saturated carbocycles. The van der Waals surface area contributed by atoms with Gasteiger partial charge in [-0.15, -0.1) is 0 Å². The van der Waals surface area contributed by atoms with Gasteiger partial charge in [-0.05, 0) is 43.7 Å². The Morgan fingerprint density at radius 3 is 2.60 bits per heavy atom. The van der Waals surface area contributed by atoms with E-state index in [4.69, 9.17) is 0 Å². The third-order valence-electron chi connectivity index (χ3n) is 4.05. The summed E-state index contributed by atoms with van der Waals surface area (Å²) in [5.41, 5.74) is 0.211. The van der Waals surface area contributed by atoms with Crippen LogP contribution in [-0.2, 0) is 4.79 Å². The molecule has 1 aliphatic carbocycles. The molecular formula is C16H24N2O2. The summed E-state index contributed by atoms with van der Waals surface area (Å²) in [6, 6.07) is 9.62. The zero-order valence-electron chi connectivity index (χ0n) is 12.1. The number of hydrogen-bond donors (Lipinski definition) is 3. The summed E-state index contributed by atoms with van der Waals surface area (Å²) in [6.07, 6.45) is 3.63. The summed E-state index contributed by atoms with van der Waals surface area (Å²) >= 11 is 0. The first-order valence-electron chi connectivity index (χ1n) is 7.35. The highest BCUT2D eigenvalue weighted by Gasteiger charge is 2.31. The van der Waals surface area contributed by atoms with Gasteiger partial charge in [-0.3, -0.25) is 4.79 Å². The van der Waals surface area contributed by atoms with Gasteiger partial charge in [0.15, 0.2) is 0 Å². The average molecular weight is 276 g/mol. The summed E-state index contributed by atoms with van der Waals surface area (Å²) in [5.74, 6) is 0.603. The molecule has 1 amide bonds. The molecule has 0 bridgehead atoms. The second-order valence-corrected chi connectivity index (χ2v) is 5.90. The van der Waals surface area contributed by atoms with Crippen LogP contribution < -0.4 is 10.6 Å². The highest BCUT2D eigenvalue weighted by molar-refractivity contribution is 5.80. The molecule has 0 heterocycles. The van der Waals surface area contributed by atoms with E-state index in [1.165, 1.54) is 0 Å². The number of para-hydroxylation sites is 1. The van der Waals surface area contributed by atoms with Crippen LogP contribution in [-0.4, -0.2) is 29.7 Å². The number of hydrogen-bond acceptors (Lipinski definition) is 3. The van der Waals surface area contributed by atoms with Gasteiger partial charge in [-0.1, -0.05) is 25.1 Å². The second kappa shape index (κ2) is 6.75. The van der Waals surface area contributed by atoms with Crippen LogP contribution in [0.3, 0.4) is 0 Å². The van der Waals surface area contributed by atoms with Gasteiger partial charge in [-0.25, -0.2) is 0 Å². The fourth-order valence-corrected chi connectivity index (χ4v) is 2.54. The minimum absolute atomic E-state index is 0.0825. The summed E-state index contributed by atoms with van der Waals surface area (Å²) in [6.45, 7) is 2.80. The van der Waals surface area contributed by atoms with Crippen molar-refractivity contribution in [3.05, 3.63) is 30.3 Å².